The molecule has 1 heterocycles. The molecule has 2 atom stereocenters. The molecule has 0 bridgehead atoms. The number of carbonyl (C=O) groups excluding carboxylic acids is 1. The van der Waals surface area contributed by atoms with E-state index in [1.54, 1.807) is 11.3 Å². The van der Waals surface area contributed by atoms with E-state index in [0.717, 1.165) is 23.6 Å². The summed E-state index contributed by atoms with van der Waals surface area (Å²) in [7, 11) is 0. The van der Waals surface area contributed by atoms with Crippen LogP contribution in [-0.2, 0) is 12.8 Å². The molecule has 1 aromatic heterocycles. The van der Waals surface area contributed by atoms with E-state index in [0.29, 0.717) is 11.7 Å². The van der Waals surface area contributed by atoms with Crippen LogP contribution in [0.25, 0.3) is 0 Å². The van der Waals surface area contributed by atoms with E-state index in [4.69, 9.17) is 0 Å². The number of hydrogen-bond acceptors (Lipinski definition) is 2. The first-order chi connectivity index (χ1) is 9.28. The van der Waals surface area contributed by atoms with Gasteiger partial charge in [0, 0.05) is 10.8 Å². The molecule has 0 saturated heterocycles. The molecular weight excluding hydrogens is 252 g/mol. The second-order valence-electron chi connectivity index (χ2n) is 6.27. The van der Waals surface area contributed by atoms with E-state index in [-0.39, 0.29) is 0 Å². The van der Waals surface area contributed by atoms with E-state index < -0.39 is 0 Å². The molecule has 2 unspecified atom stereocenters. The second-order valence-corrected chi connectivity index (χ2v) is 7.40. The first-order valence-corrected chi connectivity index (χ1v) is 8.75. The highest BCUT2D eigenvalue weighted by atomic mass is 32.1. The number of ketones is 1. The van der Waals surface area contributed by atoms with Crippen molar-refractivity contribution >= 4 is 17.1 Å². The van der Waals surface area contributed by atoms with Crippen LogP contribution >= 0.6 is 11.3 Å². The van der Waals surface area contributed by atoms with Crippen LogP contribution in [0.4, 0.5) is 0 Å². The van der Waals surface area contributed by atoms with Crippen molar-refractivity contribution in [3.8, 4) is 0 Å². The fourth-order valence-corrected chi connectivity index (χ4v) is 4.99. The van der Waals surface area contributed by atoms with Gasteiger partial charge in [0.1, 0.15) is 0 Å². The Morgan fingerprint density at radius 1 is 1.26 bits per heavy atom. The lowest BCUT2D eigenvalue weighted by molar-refractivity contribution is 0.0866. The highest BCUT2D eigenvalue weighted by Gasteiger charge is 2.28. The minimum Gasteiger partial charge on any atom is -0.293 e. The van der Waals surface area contributed by atoms with E-state index in [1.807, 2.05) is 0 Å². The molecule has 0 radical (unpaired) electrons. The Balaban J connectivity index is 1.74. The summed E-state index contributed by atoms with van der Waals surface area (Å²) in [5.74, 6) is 1.56. The summed E-state index contributed by atoms with van der Waals surface area (Å²) in [5, 5.41) is 0. The van der Waals surface area contributed by atoms with Crippen molar-refractivity contribution in [2.24, 2.45) is 11.8 Å². The van der Waals surface area contributed by atoms with Crippen LogP contribution < -0.4 is 0 Å². The Morgan fingerprint density at radius 3 is 2.89 bits per heavy atom. The van der Waals surface area contributed by atoms with Gasteiger partial charge in [0.25, 0.3) is 0 Å². The molecule has 0 N–H and O–H groups in total. The fraction of sp³-hybridized carbons (Fsp3) is 0.706. The zero-order chi connectivity index (χ0) is 13.2. The van der Waals surface area contributed by atoms with Crippen LogP contribution in [0.2, 0.25) is 0 Å². The third-order valence-corrected chi connectivity index (χ3v) is 6.22. The van der Waals surface area contributed by atoms with Gasteiger partial charge in [-0.05, 0) is 56.1 Å². The number of carbonyl (C=O) groups is 1. The average Bonchev–Trinajstić information content (AvgIpc) is 2.90. The zero-order valence-corrected chi connectivity index (χ0v) is 12.7. The van der Waals surface area contributed by atoms with Crippen molar-refractivity contribution in [2.45, 2.75) is 64.7 Å². The summed E-state index contributed by atoms with van der Waals surface area (Å²) >= 11 is 1.80. The van der Waals surface area contributed by atoms with Gasteiger partial charge in [-0.3, -0.25) is 4.79 Å². The largest absolute Gasteiger partial charge is 0.293 e. The number of hydrogen-bond donors (Lipinski definition) is 0. The Morgan fingerprint density at radius 2 is 2.11 bits per heavy atom. The highest BCUT2D eigenvalue weighted by Crippen LogP contribution is 2.36. The summed E-state index contributed by atoms with van der Waals surface area (Å²) in [6.45, 7) is 2.27. The quantitative estimate of drug-likeness (QED) is 0.708. The molecule has 1 fully saturated rings. The number of aryl methyl sites for hydroxylation is 2. The lowest BCUT2D eigenvalue weighted by Crippen LogP contribution is -2.22. The predicted octanol–water partition coefficient (Wildman–Crippen LogP) is 5.03. The molecule has 0 spiro atoms. The van der Waals surface area contributed by atoms with Crippen LogP contribution in [0, 0.1) is 11.8 Å². The molecule has 19 heavy (non-hydrogen) atoms. The molecular formula is C17H24OS. The molecule has 0 aliphatic heterocycles. The van der Waals surface area contributed by atoms with E-state index in [1.165, 1.54) is 55.4 Å². The van der Waals surface area contributed by atoms with Gasteiger partial charge in [0.05, 0.1) is 4.88 Å². The summed E-state index contributed by atoms with van der Waals surface area (Å²) in [4.78, 5) is 15.3. The molecule has 1 aromatic rings. The van der Waals surface area contributed by atoms with Gasteiger partial charge in [-0.2, -0.15) is 0 Å². The van der Waals surface area contributed by atoms with E-state index >= 15 is 0 Å². The molecule has 0 amide bonds. The van der Waals surface area contributed by atoms with E-state index in [9.17, 15) is 4.79 Å². The smallest absolute Gasteiger partial charge is 0.175 e. The minimum atomic E-state index is 0.318. The number of thiophene rings is 1. The first-order valence-electron chi connectivity index (χ1n) is 7.93. The zero-order valence-electron chi connectivity index (χ0n) is 11.9. The van der Waals surface area contributed by atoms with Crippen molar-refractivity contribution in [3.05, 3.63) is 21.4 Å². The molecule has 3 rings (SSSR count). The van der Waals surface area contributed by atoms with Crippen molar-refractivity contribution in [2.75, 3.05) is 0 Å². The second kappa shape index (κ2) is 5.78. The highest BCUT2D eigenvalue weighted by molar-refractivity contribution is 7.14. The molecule has 0 aromatic carbocycles. The predicted molar refractivity (Wildman–Crippen MR) is 81.0 cm³/mol. The van der Waals surface area contributed by atoms with Gasteiger partial charge in [-0.1, -0.05) is 26.2 Å². The van der Waals surface area contributed by atoms with Gasteiger partial charge in [0.15, 0.2) is 5.78 Å². The lowest BCUT2D eigenvalue weighted by atomic mass is 9.78. The topological polar surface area (TPSA) is 17.1 Å². The van der Waals surface area contributed by atoms with E-state index in [2.05, 4.69) is 13.0 Å². The van der Waals surface area contributed by atoms with Gasteiger partial charge < -0.3 is 0 Å². The third kappa shape index (κ3) is 2.79. The lowest BCUT2D eigenvalue weighted by Gasteiger charge is -2.27. The Hall–Kier alpha value is -0.630. The molecule has 1 saturated carbocycles. The monoisotopic (exact) mass is 276 g/mol. The van der Waals surface area contributed by atoms with Crippen LogP contribution in [0.15, 0.2) is 6.07 Å². The summed E-state index contributed by atoms with van der Waals surface area (Å²) in [5.41, 5.74) is 1.47. The maximum Gasteiger partial charge on any atom is 0.175 e. The first kappa shape index (κ1) is 13.4. The molecule has 2 aliphatic carbocycles. The standard InChI is InChI=1S/C17H24OS/c1-2-12-6-5-8-14(10-12)17(18)16-11-13-7-3-4-9-15(13)19-16/h11-12,14H,2-10H2,1H3. The van der Waals surface area contributed by atoms with Gasteiger partial charge in [-0.25, -0.2) is 0 Å². The number of fused-ring (bicyclic) bond motifs is 1. The molecule has 2 aliphatic rings. The maximum absolute atomic E-state index is 12.7. The minimum absolute atomic E-state index is 0.318. The van der Waals surface area contributed by atoms with Crippen molar-refractivity contribution in [3.63, 3.8) is 0 Å². The van der Waals surface area contributed by atoms with Crippen LogP contribution in [0.5, 0.6) is 0 Å². The van der Waals surface area contributed by atoms with Gasteiger partial charge in [-0.15, -0.1) is 11.3 Å². The van der Waals surface area contributed by atoms with Gasteiger partial charge >= 0.3 is 0 Å². The Labute approximate surface area is 120 Å². The third-order valence-electron chi connectivity index (χ3n) is 4.97. The number of Topliss-reactive ketones (excluding diaryl/α,β-unsaturated/α-hetero) is 1. The average molecular weight is 276 g/mol. The van der Waals surface area contributed by atoms with Crippen LogP contribution in [-0.4, -0.2) is 5.78 Å². The van der Waals surface area contributed by atoms with Crippen molar-refractivity contribution < 1.29 is 4.79 Å². The summed E-state index contributed by atoms with van der Waals surface area (Å²) < 4.78 is 0. The molecule has 104 valence electrons. The maximum atomic E-state index is 12.7. The van der Waals surface area contributed by atoms with Crippen LogP contribution in [0.1, 0.15) is 72.0 Å². The van der Waals surface area contributed by atoms with Gasteiger partial charge in [0.2, 0.25) is 0 Å². The summed E-state index contributed by atoms with van der Waals surface area (Å²) in [6.07, 6.45) is 11.1. The Bertz CT molecular complexity index is 436. The van der Waals surface area contributed by atoms with Crippen LogP contribution in [0.3, 0.4) is 0 Å². The van der Waals surface area contributed by atoms with Crippen molar-refractivity contribution in [1.82, 2.24) is 0 Å². The Kier molecular flexibility index (Phi) is 4.07. The molecule has 2 heteroatoms. The molecule has 1 nitrogen and oxygen atoms in total. The van der Waals surface area contributed by atoms with Crippen molar-refractivity contribution in [1.29, 1.82) is 0 Å². The SMILES string of the molecule is CCC1CCCC(C(=O)c2cc3c(s2)CCCC3)C1. The fourth-order valence-electron chi connectivity index (χ4n) is 3.71. The summed E-state index contributed by atoms with van der Waals surface area (Å²) in [6, 6.07) is 2.22. The normalized spacial score (nSPS) is 27.0. The number of rotatable bonds is 3.